The molecule has 1 heterocycles. The van der Waals surface area contributed by atoms with Gasteiger partial charge in [-0.3, -0.25) is 0 Å². The Balaban J connectivity index is 0.000000195. The monoisotopic (exact) mass is 254 g/mol. The van der Waals surface area contributed by atoms with Crippen LogP contribution in [0.5, 0.6) is 0 Å². The number of fused-ring (bicyclic) bond motifs is 1. The van der Waals surface area contributed by atoms with Crippen LogP contribution in [0, 0.1) is 0 Å². The van der Waals surface area contributed by atoms with Crippen molar-refractivity contribution in [3.63, 3.8) is 0 Å². The SMILES string of the molecule is CCCC12C=CC=CC1O2.[O]=[Cr](=[O])([OH])[OH]. The van der Waals surface area contributed by atoms with Gasteiger partial charge in [0.15, 0.2) is 0 Å². The zero-order valence-electron chi connectivity index (χ0n) is 8.33. The van der Waals surface area contributed by atoms with Crippen LogP contribution >= 0.6 is 0 Å². The minimum absolute atomic E-state index is 0.128. The molecule has 1 aliphatic carbocycles. The predicted octanol–water partition coefficient (Wildman–Crippen LogP) is 0.696. The molecule has 2 atom stereocenters. The topological polar surface area (TPSA) is 87.1 Å². The van der Waals surface area contributed by atoms with Gasteiger partial charge in [0.2, 0.25) is 0 Å². The zero-order chi connectivity index (χ0) is 11.5. The summed E-state index contributed by atoms with van der Waals surface area (Å²) in [4.78, 5) is 0. The average molecular weight is 254 g/mol. The van der Waals surface area contributed by atoms with Crippen LogP contribution in [-0.2, 0) is 26.0 Å². The van der Waals surface area contributed by atoms with Crippen LogP contribution in [0.25, 0.3) is 0 Å². The van der Waals surface area contributed by atoms with Crippen LogP contribution in [0.2, 0.25) is 0 Å². The molecule has 2 aliphatic rings. The van der Waals surface area contributed by atoms with Crippen LogP contribution in [-0.4, -0.2) is 20.0 Å². The average Bonchev–Trinajstić information content (AvgIpc) is 2.75. The molecule has 1 saturated heterocycles. The van der Waals surface area contributed by atoms with Crippen molar-refractivity contribution in [2.45, 2.75) is 31.5 Å². The molecule has 0 aromatic heterocycles. The van der Waals surface area contributed by atoms with E-state index in [4.69, 9.17) is 20.7 Å². The number of epoxide rings is 1. The summed E-state index contributed by atoms with van der Waals surface area (Å²) in [6.07, 6.45) is 11.2. The molecule has 6 heteroatoms. The van der Waals surface area contributed by atoms with Gasteiger partial charge < -0.3 is 4.74 Å². The van der Waals surface area contributed by atoms with Crippen molar-refractivity contribution in [1.29, 1.82) is 0 Å². The van der Waals surface area contributed by atoms with E-state index in [1.807, 2.05) is 0 Å². The summed E-state index contributed by atoms with van der Waals surface area (Å²) >= 11 is -5.25. The summed E-state index contributed by atoms with van der Waals surface area (Å²) in [6, 6.07) is 0. The van der Waals surface area contributed by atoms with E-state index < -0.39 is 13.6 Å². The molecule has 0 aromatic carbocycles. The Morgan fingerprint density at radius 1 is 1.40 bits per heavy atom. The summed E-state index contributed by atoms with van der Waals surface area (Å²) in [5.74, 6) is 0. The van der Waals surface area contributed by atoms with Gasteiger partial charge in [0.05, 0.1) is 0 Å². The van der Waals surface area contributed by atoms with Gasteiger partial charge >= 0.3 is 29.5 Å². The maximum atomic E-state index is 8.82. The molecule has 2 N–H and O–H groups in total. The first-order valence-electron chi connectivity index (χ1n) is 4.61. The van der Waals surface area contributed by atoms with E-state index in [9.17, 15) is 0 Å². The molecular formula is C9H14CrO5. The Labute approximate surface area is 90.4 Å². The Morgan fingerprint density at radius 3 is 2.47 bits per heavy atom. The van der Waals surface area contributed by atoms with Crippen molar-refractivity contribution in [1.82, 2.24) is 0 Å². The van der Waals surface area contributed by atoms with E-state index in [0.717, 1.165) is 0 Å². The zero-order valence-corrected chi connectivity index (χ0v) is 9.60. The van der Waals surface area contributed by atoms with E-state index >= 15 is 0 Å². The van der Waals surface area contributed by atoms with E-state index in [0.29, 0.717) is 6.10 Å². The third-order valence-corrected chi connectivity index (χ3v) is 2.19. The summed E-state index contributed by atoms with van der Waals surface area (Å²) in [7, 11) is 0. The molecule has 0 bridgehead atoms. The van der Waals surface area contributed by atoms with Crippen molar-refractivity contribution in [3.8, 4) is 0 Å². The molecule has 1 fully saturated rings. The quantitative estimate of drug-likeness (QED) is 0.708. The van der Waals surface area contributed by atoms with Crippen molar-refractivity contribution >= 4 is 0 Å². The predicted molar refractivity (Wildman–Crippen MR) is 46.6 cm³/mol. The standard InChI is InChI=1S/C9H12O.Cr.2H2O.2O/c1-2-6-9-7-4-3-5-8(9)10-9;;;;;/h3-5,7-8H,2,6H2,1H3;;2*1H2;;/q;+2;;;;/p-2. The Hall–Kier alpha value is -0.508. The van der Waals surface area contributed by atoms with E-state index in [1.165, 1.54) is 12.8 Å². The Morgan fingerprint density at radius 2 is 2.00 bits per heavy atom. The third kappa shape index (κ3) is 4.24. The third-order valence-electron chi connectivity index (χ3n) is 2.19. The van der Waals surface area contributed by atoms with Crippen LogP contribution in [0.4, 0.5) is 0 Å². The van der Waals surface area contributed by atoms with Gasteiger partial charge in [-0.2, -0.15) is 0 Å². The number of hydrogen-bond acceptors (Lipinski definition) is 3. The van der Waals surface area contributed by atoms with Gasteiger partial charge in [-0.05, 0) is 12.5 Å². The van der Waals surface area contributed by atoms with Gasteiger partial charge in [-0.25, -0.2) is 0 Å². The van der Waals surface area contributed by atoms with E-state index in [2.05, 4.69) is 31.2 Å². The van der Waals surface area contributed by atoms with Gasteiger partial charge in [0.25, 0.3) is 0 Å². The summed E-state index contributed by atoms with van der Waals surface area (Å²) < 4.78 is 37.4. The van der Waals surface area contributed by atoms with Crippen LogP contribution in [0.15, 0.2) is 24.3 Å². The molecule has 2 rings (SSSR count). The maximum absolute atomic E-state index is 8.82. The molecule has 0 amide bonds. The summed E-state index contributed by atoms with van der Waals surface area (Å²) in [6.45, 7) is 2.19. The molecule has 5 nitrogen and oxygen atoms in total. The Kier molecular flexibility index (Phi) is 3.82. The first-order chi connectivity index (χ1) is 6.87. The molecule has 0 radical (unpaired) electrons. The molecule has 2 unspecified atom stereocenters. The first kappa shape index (κ1) is 12.6. The molecule has 86 valence electrons. The van der Waals surface area contributed by atoms with Crippen LogP contribution < -0.4 is 0 Å². The van der Waals surface area contributed by atoms with Crippen molar-refractivity contribution in [2.75, 3.05) is 0 Å². The first-order valence-corrected chi connectivity index (χ1v) is 6.79. The number of hydrogen-bond donors (Lipinski definition) is 2. The fourth-order valence-electron chi connectivity index (χ4n) is 1.60. The van der Waals surface area contributed by atoms with E-state index in [-0.39, 0.29) is 5.60 Å². The second-order valence-electron chi connectivity index (χ2n) is 3.44. The van der Waals surface area contributed by atoms with Gasteiger partial charge in [-0.15, -0.1) is 0 Å². The van der Waals surface area contributed by atoms with Crippen molar-refractivity contribution in [3.05, 3.63) is 24.3 Å². The van der Waals surface area contributed by atoms with Gasteiger partial charge in [0.1, 0.15) is 11.7 Å². The number of rotatable bonds is 2. The Bertz CT molecular complexity index is 362. The molecule has 1 aliphatic heterocycles. The molecule has 0 aromatic rings. The summed E-state index contributed by atoms with van der Waals surface area (Å²) in [5, 5.41) is 0. The molecule has 0 spiro atoms. The fraction of sp³-hybridized carbons (Fsp3) is 0.556. The minimum atomic E-state index is -5.25. The molecular weight excluding hydrogens is 240 g/mol. The molecule has 0 saturated carbocycles. The number of ether oxygens (including phenoxy) is 1. The van der Waals surface area contributed by atoms with Crippen molar-refractivity contribution in [2.24, 2.45) is 0 Å². The summed E-state index contributed by atoms with van der Waals surface area (Å²) in [5.41, 5.74) is 0.128. The normalized spacial score (nSPS) is 31.5. The van der Waals surface area contributed by atoms with Crippen LogP contribution in [0.3, 0.4) is 0 Å². The second kappa shape index (κ2) is 4.56. The van der Waals surface area contributed by atoms with Crippen LogP contribution in [0.1, 0.15) is 19.8 Å². The van der Waals surface area contributed by atoms with Crippen molar-refractivity contribution < 1.29 is 34.3 Å². The second-order valence-corrected chi connectivity index (χ2v) is 4.83. The van der Waals surface area contributed by atoms with Gasteiger partial charge in [0, 0.05) is 0 Å². The van der Waals surface area contributed by atoms with E-state index in [1.54, 1.807) is 0 Å². The molecule has 15 heavy (non-hydrogen) atoms. The van der Waals surface area contributed by atoms with Gasteiger partial charge in [-0.1, -0.05) is 31.6 Å². The fourth-order valence-corrected chi connectivity index (χ4v) is 1.60. The number of allylic oxidation sites excluding steroid dienone is 2.